The van der Waals surface area contributed by atoms with E-state index in [0.717, 1.165) is 17.7 Å². The number of carbonyl (C=O) groups is 2. The smallest absolute Gasteiger partial charge is 0.312 e. The van der Waals surface area contributed by atoms with E-state index in [1.807, 2.05) is 35.2 Å². The van der Waals surface area contributed by atoms with Gasteiger partial charge in [0.1, 0.15) is 0 Å². The van der Waals surface area contributed by atoms with Gasteiger partial charge in [-0.1, -0.05) is 30.3 Å². The summed E-state index contributed by atoms with van der Waals surface area (Å²) in [5, 5.41) is 2.53. The highest BCUT2D eigenvalue weighted by atomic mass is 16.2. The standard InChI is InChI=1S/C18H19N3O2/c1-12-10-15-4-2-3-5-16(15)21(12)17(22)14-8-6-13(7-9-14)11-20-18(19)23/h2-9,12H,10-11H2,1H3,(H3,19,20,23). The Morgan fingerprint density at radius 3 is 2.57 bits per heavy atom. The first kappa shape index (κ1) is 15.1. The number of nitrogens with one attached hydrogen (secondary N) is 1. The van der Waals surface area contributed by atoms with Crippen molar-refractivity contribution in [2.45, 2.75) is 25.9 Å². The average molecular weight is 309 g/mol. The fourth-order valence-corrected chi connectivity index (χ4v) is 2.97. The van der Waals surface area contributed by atoms with Gasteiger partial charge in [-0.25, -0.2) is 4.79 Å². The van der Waals surface area contributed by atoms with Crippen LogP contribution in [0.25, 0.3) is 0 Å². The second kappa shape index (κ2) is 6.12. The second-order valence-corrected chi connectivity index (χ2v) is 5.77. The molecular weight excluding hydrogens is 290 g/mol. The van der Waals surface area contributed by atoms with Gasteiger partial charge >= 0.3 is 6.03 Å². The third kappa shape index (κ3) is 3.04. The number of benzene rings is 2. The predicted molar refractivity (Wildman–Crippen MR) is 89.3 cm³/mol. The van der Waals surface area contributed by atoms with Crippen LogP contribution in [0.2, 0.25) is 0 Å². The molecule has 0 spiro atoms. The number of hydrogen-bond donors (Lipinski definition) is 2. The fourth-order valence-electron chi connectivity index (χ4n) is 2.97. The number of nitrogens with two attached hydrogens (primary N) is 1. The van der Waals surface area contributed by atoms with Gasteiger partial charge in [0.25, 0.3) is 5.91 Å². The number of carbonyl (C=O) groups excluding carboxylic acids is 2. The van der Waals surface area contributed by atoms with Gasteiger partial charge < -0.3 is 16.0 Å². The van der Waals surface area contributed by atoms with Crippen LogP contribution in [0.3, 0.4) is 0 Å². The Morgan fingerprint density at radius 1 is 1.17 bits per heavy atom. The maximum absolute atomic E-state index is 12.8. The van der Waals surface area contributed by atoms with Gasteiger partial charge in [-0.2, -0.15) is 0 Å². The number of rotatable bonds is 3. The SMILES string of the molecule is CC1Cc2ccccc2N1C(=O)c1ccc(CNC(N)=O)cc1. The van der Waals surface area contributed by atoms with Gasteiger partial charge in [-0.3, -0.25) is 4.79 Å². The first-order valence-corrected chi connectivity index (χ1v) is 7.60. The van der Waals surface area contributed by atoms with Crippen molar-refractivity contribution in [2.75, 3.05) is 4.90 Å². The van der Waals surface area contributed by atoms with Gasteiger partial charge in [-0.15, -0.1) is 0 Å². The van der Waals surface area contributed by atoms with Crippen molar-refractivity contribution >= 4 is 17.6 Å². The molecule has 0 saturated heterocycles. The van der Waals surface area contributed by atoms with Gasteiger partial charge in [0.05, 0.1) is 0 Å². The van der Waals surface area contributed by atoms with Crippen LogP contribution in [0, 0.1) is 0 Å². The minimum Gasteiger partial charge on any atom is -0.352 e. The first-order chi connectivity index (χ1) is 11.1. The molecule has 0 saturated carbocycles. The third-order valence-corrected chi connectivity index (χ3v) is 4.09. The third-order valence-electron chi connectivity index (χ3n) is 4.09. The maximum Gasteiger partial charge on any atom is 0.312 e. The number of fused-ring (bicyclic) bond motifs is 1. The van der Waals surface area contributed by atoms with E-state index >= 15 is 0 Å². The van der Waals surface area contributed by atoms with E-state index in [2.05, 4.69) is 18.3 Å². The molecule has 1 aliphatic rings. The van der Waals surface area contributed by atoms with Crippen molar-refractivity contribution in [3.63, 3.8) is 0 Å². The fraction of sp³-hybridized carbons (Fsp3) is 0.222. The molecule has 0 aromatic heterocycles. The van der Waals surface area contributed by atoms with Crippen LogP contribution in [0.15, 0.2) is 48.5 Å². The second-order valence-electron chi connectivity index (χ2n) is 5.77. The Balaban J connectivity index is 1.79. The molecule has 3 rings (SSSR count). The lowest BCUT2D eigenvalue weighted by atomic mass is 10.1. The highest BCUT2D eigenvalue weighted by Gasteiger charge is 2.30. The number of nitrogens with zero attached hydrogens (tertiary/aromatic N) is 1. The molecule has 1 atom stereocenters. The summed E-state index contributed by atoms with van der Waals surface area (Å²) in [6.45, 7) is 2.41. The summed E-state index contributed by atoms with van der Waals surface area (Å²) < 4.78 is 0. The van der Waals surface area contributed by atoms with Gasteiger partial charge in [0.2, 0.25) is 0 Å². The number of urea groups is 1. The van der Waals surface area contributed by atoms with Gasteiger partial charge in [0.15, 0.2) is 0 Å². The summed E-state index contributed by atoms with van der Waals surface area (Å²) in [5.74, 6) is -0.00291. The molecule has 118 valence electrons. The van der Waals surface area contributed by atoms with Gasteiger partial charge in [-0.05, 0) is 42.7 Å². The molecule has 5 heteroatoms. The first-order valence-electron chi connectivity index (χ1n) is 7.60. The highest BCUT2D eigenvalue weighted by Crippen LogP contribution is 2.33. The lowest BCUT2D eigenvalue weighted by molar-refractivity contribution is 0.0981. The van der Waals surface area contributed by atoms with Crippen LogP contribution < -0.4 is 16.0 Å². The Hall–Kier alpha value is -2.82. The summed E-state index contributed by atoms with van der Waals surface area (Å²) in [7, 11) is 0. The number of primary amides is 1. The van der Waals surface area contributed by atoms with E-state index in [1.54, 1.807) is 12.1 Å². The minimum atomic E-state index is -0.562. The number of hydrogen-bond acceptors (Lipinski definition) is 2. The Labute approximate surface area is 135 Å². The van der Waals surface area contributed by atoms with Gasteiger partial charge in [0, 0.05) is 23.8 Å². The summed E-state index contributed by atoms with van der Waals surface area (Å²) in [6.07, 6.45) is 0.878. The molecule has 1 heterocycles. The summed E-state index contributed by atoms with van der Waals surface area (Å²) in [5.41, 5.74) is 8.78. The van der Waals surface area contributed by atoms with Crippen LogP contribution in [-0.4, -0.2) is 18.0 Å². The monoisotopic (exact) mass is 309 g/mol. The quantitative estimate of drug-likeness (QED) is 0.913. The minimum absolute atomic E-state index is 0.00291. The molecule has 3 amide bonds. The van der Waals surface area contributed by atoms with Crippen LogP contribution in [0.5, 0.6) is 0 Å². The van der Waals surface area contributed by atoms with Crippen molar-refractivity contribution in [3.8, 4) is 0 Å². The Kier molecular flexibility index (Phi) is 4.02. The molecule has 2 aromatic rings. The van der Waals surface area contributed by atoms with E-state index in [1.165, 1.54) is 5.56 Å². The zero-order valence-corrected chi connectivity index (χ0v) is 13.0. The molecule has 0 bridgehead atoms. The van der Waals surface area contributed by atoms with E-state index in [-0.39, 0.29) is 11.9 Å². The van der Waals surface area contributed by atoms with E-state index in [4.69, 9.17) is 5.73 Å². The molecule has 23 heavy (non-hydrogen) atoms. The highest BCUT2D eigenvalue weighted by molar-refractivity contribution is 6.07. The summed E-state index contributed by atoms with van der Waals surface area (Å²) in [6, 6.07) is 14.8. The molecular formula is C18H19N3O2. The largest absolute Gasteiger partial charge is 0.352 e. The lowest BCUT2D eigenvalue weighted by Crippen LogP contribution is -2.35. The average Bonchev–Trinajstić information content (AvgIpc) is 2.88. The number of amides is 3. The van der Waals surface area contributed by atoms with Crippen molar-refractivity contribution < 1.29 is 9.59 Å². The Morgan fingerprint density at radius 2 is 1.87 bits per heavy atom. The molecule has 2 aromatic carbocycles. The molecule has 1 unspecified atom stereocenters. The zero-order valence-electron chi connectivity index (χ0n) is 13.0. The predicted octanol–water partition coefficient (Wildman–Crippen LogP) is 2.45. The van der Waals surface area contributed by atoms with Crippen LogP contribution in [0.4, 0.5) is 10.5 Å². The number of anilines is 1. The van der Waals surface area contributed by atoms with Crippen LogP contribution >= 0.6 is 0 Å². The van der Waals surface area contributed by atoms with E-state index in [0.29, 0.717) is 12.1 Å². The van der Waals surface area contributed by atoms with E-state index in [9.17, 15) is 9.59 Å². The molecule has 0 aliphatic carbocycles. The van der Waals surface area contributed by atoms with E-state index < -0.39 is 6.03 Å². The number of para-hydroxylation sites is 1. The van der Waals surface area contributed by atoms with Crippen molar-refractivity contribution in [2.24, 2.45) is 5.73 Å². The van der Waals surface area contributed by atoms with Crippen molar-refractivity contribution in [1.82, 2.24) is 5.32 Å². The topological polar surface area (TPSA) is 75.4 Å². The molecule has 0 radical (unpaired) electrons. The molecule has 0 fully saturated rings. The van der Waals surface area contributed by atoms with Crippen molar-refractivity contribution in [1.29, 1.82) is 0 Å². The summed E-state index contributed by atoms with van der Waals surface area (Å²) >= 11 is 0. The molecule has 3 N–H and O–H groups in total. The Bertz CT molecular complexity index is 740. The lowest BCUT2D eigenvalue weighted by Gasteiger charge is -2.23. The zero-order chi connectivity index (χ0) is 16.4. The summed E-state index contributed by atoms with van der Waals surface area (Å²) in [4.78, 5) is 25.4. The maximum atomic E-state index is 12.8. The van der Waals surface area contributed by atoms with Crippen molar-refractivity contribution in [3.05, 3.63) is 65.2 Å². The van der Waals surface area contributed by atoms with Crippen LogP contribution in [-0.2, 0) is 13.0 Å². The molecule has 5 nitrogen and oxygen atoms in total. The van der Waals surface area contributed by atoms with Crippen LogP contribution in [0.1, 0.15) is 28.4 Å². The molecule has 1 aliphatic heterocycles. The normalized spacial score (nSPS) is 16.0.